The molecule has 0 spiro atoms. The Bertz CT molecular complexity index is 505. The number of aromatic carboxylic acids is 1. The van der Waals surface area contributed by atoms with Gasteiger partial charge in [0.05, 0.1) is 5.56 Å². The quantitative estimate of drug-likeness (QED) is 0.807. The van der Waals surface area contributed by atoms with Crippen molar-refractivity contribution in [1.82, 2.24) is 0 Å². The maximum atomic E-state index is 11.6. The highest BCUT2D eigenvalue weighted by atomic mass is 16.4. The molecule has 0 saturated heterocycles. The molecular formula is C13H15NO3. The summed E-state index contributed by atoms with van der Waals surface area (Å²) in [5.41, 5.74) is 1.84. The molecule has 0 atom stereocenters. The Hall–Kier alpha value is -1.84. The largest absolute Gasteiger partial charge is 0.478 e. The second-order valence-electron chi connectivity index (χ2n) is 5.03. The smallest absolute Gasteiger partial charge is 0.335 e. The topological polar surface area (TPSA) is 57.6 Å². The van der Waals surface area contributed by atoms with Gasteiger partial charge in [-0.2, -0.15) is 0 Å². The van der Waals surface area contributed by atoms with Crippen molar-refractivity contribution < 1.29 is 14.7 Å². The van der Waals surface area contributed by atoms with Gasteiger partial charge >= 0.3 is 5.97 Å². The first-order valence-corrected chi connectivity index (χ1v) is 5.49. The van der Waals surface area contributed by atoms with Crippen LogP contribution < -0.4 is 4.90 Å². The number of carbonyl (C=O) groups is 2. The van der Waals surface area contributed by atoms with Gasteiger partial charge in [-0.15, -0.1) is 0 Å². The fourth-order valence-corrected chi connectivity index (χ4v) is 2.31. The average Bonchev–Trinajstić information content (AvgIpc) is 2.50. The van der Waals surface area contributed by atoms with Gasteiger partial charge in [-0.25, -0.2) is 4.79 Å². The van der Waals surface area contributed by atoms with E-state index in [1.165, 1.54) is 6.92 Å². The first-order chi connectivity index (χ1) is 7.83. The van der Waals surface area contributed by atoms with Crippen molar-refractivity contribution >= 4 is 17.6 Å². The second-order valence-corrected chi connectivity index (χ2v) is 5.03. The molecule has 0 bridgehead atoms. The predicted molar refractivity (Wildman–Crippen MR) is 64.5 cm³/mol. The monoisotopic (exact) mass is 233 g/mol. The van der Waals surface area contributed by atoms with E-state index < -0.39 is 5.97 Å². The Kier molecular flexibility index (Phi) is 2.45. The number of benzene rings is 1. The van der Waals surface area contributed by atoms with E-state index in [4.69, 9.17) is 5.11 Å². The zero-order valence-corrected chi connectivity index (χ0v) is 10.2. The Morgan fingerprint density at radius 3 is 2.53 bits per heavy atom. The molecule has 0 saturated carbocycles. The van der Waals surface area contributed by atoms with E-state index in [2.05, 4.69) is 13.8 Å². The van der Waals surface area contributed by atoms with E-state index in [0.717, 1.165) is 11.3 Å². The molecule has 0 aromatic heterocycles. The van der Waals surface area contributed by atoms with Crippen LogP contribution in [0.4, 0.5) is 5.69 Å². The van der Waals surface area contributed by atoms with E-state index in [1.54, 1.807) is 17.0 Å². The van der Waals surface area contributed by atoms with E-state index in [9.17, 15) is 9.59 Å². The summed E-state index contributed by atoms with van der Waals surface area (Å²) in [6, 6.07) is 4.97. The molecule has 0 radical (unpaired) electrons. The van der Waals surface area contributed by atoms with Crippen molar-refractivity contribution in [2.24, 2.45) is 0 Å². The van der Waals surface area contributed by atoms with E-state index >= 15 is 0 Å². The molecule has 1 heterocycles. The Morgan fingerprint density at radius 2 is 2.00 bits per heavy atom. The summed E-state index contributed by atoms with van der Waals surface area (Å²) >= 11 is 0. The number of hydrogen-bond acceptors (Lipinski definition) is 2. The highest BCUT2D eigenvalue weighted by Crippen LogP contribution is 2.40. The van der Waals surface area contributed by atoms with E-state index in [1.807, 2.05) is 6.07 Å². The number of nitrogens with zero attached hydrogens (tertiary/aromatic N) is 1. The second kappa shape index (κ2) is 3.58. The number of anilines is 1. The predicted octanol–water partition coefficient (Wildman–Crippen LogP) is 2.03. The fraction of sp³-hybridized carbons (Fsp3) is 0.385. The van der Waals surface area contributed by atoms with Crippen LogP contribution in [0.5, 0.6) is 0 Å². The van der Waals surface area contributed by atoms with Crippen LogP contribution in [0.3, 0.4) is 0 Å². The lowest BCUT2D eigenvalue weighted by Crippen LogP contribution is -2.32. The number of carboxylic acids is 1. The Balaban J connectivity index is 2.58. The van der Waals surface area contributed by atoms with Crippen LogP contribution in [0.1, 0.15) is 36.7 Å². The van der Waals surface area contributed by atoms with Crippen LogP contribution in [-0.2, 0) is 10.2 Å². The van der Waals surface area contributed by atoms with E-state index in [-0.39, 0.29) is 16.9 Å². The molecule has 17 heavy (non-hydrogen) atoms. The molecule has 4 heteroatoms. The molecule has 1 aromatic carbocycles. The van der Waals surface area contributed by atoms with Crippen molar-refractivity contribution in [3.05, 3.63) is 29.3 Å². The summed E-state index contributed by atoms with van der Waals surface area (Å²) in [6.45, 7) is 6.20. The summed E-state index contributed by atoms with van der Waals surface area (Å²) in [4.78, 5) is 24.1. The number of hydrogen-bond donors (Lipinski definition) is 1. The third-order valence-corrected chi connectivity index (χ3v) is 3.20. The number of carboxylic acid groups (broad SMARTS) is 1. The molecule has 4 nitrogen and oxygen atoms in total. The summed E-state index contributed by atoms with van der Waals surface area (Å²) in [7, 11) is 0. The fourth-order valence-electron chi connectivity index (χ4n) is 2.31. The van der Waals surface area contributed by atoms with Crippen molar-refractivity contribution in [3.8, 4) is 0 Å². The van der Waals surface area contributed by atoms with Gasteiger partial charge < -0.3 is 10.0 Å². The van der Waals surface area contributed by atoms with Crippen molar-refractivity contribution in [2.45, 2.75) is 26.2 Å². The molecule has 0 aliphatic carbocycles. The number of amides is 1. The van der Waals surface area contributed by atoms with Gasteiger partial charge in [0.25, 0.3) is 0 Å². The summed E-state index contributed by atoms with van der Waals surface area (Å²) in [5.74, 6) is -1.03. The van der Waals surface area contributed by atoms with Crippen LogP contribution in [0.25, 0.3) is 0 Å². The van der Waals surface area contributed by atoms with Gasteiger partial charge in [0.2, 0.25) is 5.91 Å². The summed E-state index contributed by atoms with van der Waals surface area (Å²) < 4.78 is 0. The Morgan fingerprint density at radius 1 is 1.35 bits per heavy atom. The molecule has 1 amide bonds. The zero-order chi connectivity index (χ0) is 12.8. The third-order valence-electron chi connectivity index (χ3n) is 3.20. The number of fused-ring (bicyclic) bond motifs is 1. The first kappa shape index (κ1) is 11.6. The normalized spacial score (nSPS) is 16.8. The highest BCUT2D eigenvalue weighted by molar-refractivity contribution is 5.97. The van der Waals surface area contributed by atoms with Gasteiger partial charge in [-0.3, -0.25) is 4.79 Å². The van der Waals surface area contributed by atoms with Gasteiger partial charge in [0.15, 0.2) is 0 Å². The molecule has 1 aliphatic rings. The molecular weight excluding hydrogens is 218 g/mol. The van der Waals surface area contributed by atoms with Gasteiger partial charge in [0, 0.05) is 24.6 Å². The first-order valence-electron chi connectivity index (χ1n) is 5.49. The molecule has 0 fully saturated rings. The molecule has 1 N–H and O–H groups in total. The minimum absolute atomic E-state index is 0.0561. The van der Waals surface area contributed by atoms with Crippen molar-refractivity contribution in [2.75, 3.05) is 11.4 Å². The zero-order valence-electron chi connectivity index (χ0n) is 10.2. The van der Waals surface area contributed by atoms with Gasteiger partial charge in [-0.05, 0) is 17.7 Å². The minimum atomic E-state index is -0.971. The number of carbonyl (C=O) groups excluding carboxylic acids is 1. The van der Waals surface area contributed by atoms with Crippen LogP contribution in [-0.4, -0.2) is 23.5 Å². The van der Waals surface area contributed by atoms with Gasteiger partial charge in [-0.1, -0.05) is 19.9 Å². The highest BCUT2D eigenvalue weighted by Gasteiger charge is 2.37. The number of rotatable bonds is 1. The molecule has 0 unspecified atom stereocenters. The summed E-state index contributed by atoms with van der Waals surface area (Å²) in [5, 5.41) is 8.97. The maximum absolute atomic E-state index is 11.6. The molecule has 1 aromatic rings. The lowest BCUT2D eigenvalue weighted by molar-refractivity contribution is -0.116. The lowest BCUT2D eigenvalue weighted by atomic mass is 9.86. The third kappa shape index (κ3) is 1.79. The molecule has 1 aliphatic heterocycles. The SMILES string of the molecule is CC(=O)N1CC(C)(C)c2ccc(C(=O)O)cc21. The standard InChI is InChI=1S/C13H15NO3/c1-8(15)14-7-13(2,3)10-5-4-9(12(16)17)6-11(10)14/h4-6H,7H2,1-3H3,(H,16,17). The van der Waals surface area contributed by atoms with E-state index in [0.29, 0.717) is 6.54 Å². The maximum Gasteiger partial charge on any atom is 0.335 e. The van der Waals surface area contributed by atoms with Crippen LogP contribution in [0.15, 0.2) is 18.2 Å². The van der Waals surface area contributed by atoms with Crippen LogP contribution in [0.2, 0.25) is 0 Å². The van der Waals surface area contributed by atoms with Crippen molar-refractivity contribution in [1.29, 1.82) is 0 Å². The average molecular weight is 233 g/mol. The van der Waals surface area contributed by atoms with Crippen LogP contribution in [0, 0.1) is 0 Å². The minimum Gasteiger partial charge on any atom is -0.478 e. The van der Waals surface area contributed by atoms with Gasteiger partial charge in [0.1, 0.15) is 0 Å². The van der Waals surface area contributed by atoms with Crippen LogP contribution >= 0.6 is 0 Å². The molecule has 90 valence electrons. The van der Waals surface area contributed by atoms with Crippen molar-refractivity contribution in [3.63, 3.8) is 0 Å². The Labute approximate surface area is 99.9 Å². The molecule has 2 rings (SSSR count). The summed E-state index contributed by atoms with van der Waals surface area (Å²) in [6.07, 6.45) is 0. The lowest BCUT2D eigenvalue weighted by Gasteiger charge is -2.19.